The Morgan fingerprint density at radius 1 is 1.12 bits per heavy atom. The van der Waals surface area contributed by atoms with Crippen LogP contribution in [-0.2, 0) is 14.8 Å². The van der Waals surface area contributed by atoms with Crippen LogP contribution < -0.4 is 9.64 Å². The van der Waals surface area contributed by atoms with Crippen LogP contribution >= 0.6 is 0 Å². The predicted molar refractivity (Wildman–Crippen MR) is 110 cm³/mol. The highest BCUT2D eigenvalue weighted by molar-refractivity contribution is 7.89. The second-order valence-corrected chi connectivity index (χ2v) is 9.36. The van der Waals surface area contributed by atoms with E-state index in [2.05, 4.69) is 4.74 Å². The Labute approximate surface area is 188 Å². The van der Waals surface area contributed by atoms with Crippen LogP contribution in [0.25, 0.3) is 0 Å². The highest BCUT2D eigenvalue weighted by atomic mass is 32.2. The smallest absolute Gasteiger partial charge is 0.406 e. The maximum Gasteiger partial charge on any atom is 0.573 e. The van der Waals surface area contributed by atoms with Gasteiger partial charge in [0.05, 0.1) is 0 Å². The number of ether oxygens (including phenoxy) is 1. The minimum absolute atomic E-state index is 0.109. The molecule has 1 saturated heterocycles. The third kappa shape index (κ3) is 5.45. The van der Waals surface area contributed by atoms with Gasteiger partial charge in [-0.05, 0) is 56.2 Å². The van der Waals surface area contributed by atoms with Crippen molar-refractivity contribution < 1.29 is 40.6 Å². The quantitative estimate of drug-likeness (QED) is 0.628. The Kier molecular flexibility index (Phi) is 7.01. The lowest BCUT2D eigenvalue weighted by atomic mass is 9.90. The van der Waals surface area contributed by atoms with Crippen molar-refractivity contribution in [2.24, 2.45) is 0 Å². The van der Waals surface area contributed by atoms with Gasteiger partial charge in [0.15, 0.2) is 0 Å². The maximum absolute atomic E-state index is 14.0. The molecule has 1 heterocycles. The molecule has 0 atom stereocenters. The summed E-state index contributed by atoms with van der Waals surface area (Å²) in [4.78, 5) is 13.8. The molecule has 2 aromatic carbocycles. The number of hydrogen-bond donors (Lipinski definition) is 1. The van der Waals surface area contributed by atoms with Crippen LogP contribution in [0.2, 0.25) is 0 Å². The number of carbonyl (C=O) groups is 1. The van der Waals surface area contributed by atoms with E-state index in [-0.39, 0.29) is 38.2 Å². The number of likely N-dealkylation sites (N-methyl/N-ethyl adjacent to an activating group) is 1. The number of alkyl halides is 3. The van der Waals surface area contributed by atoms with E-state index < -0.39 is 44.4 Å². The fourth-order valence-corrected chi connectivity index (χ4v) is 5.13. The fraction of sp³-hybridized carbons (Fsp3) is 0.381. The number of benzene rings is 2. The van der Waals surface area contributed by atoms with Crippen molar-refractivity contribution in [3.8, 4) is 5.75 Å². The molecule has 7 nitrogen and oxygen atoms in total. The molecule has 0 aromatic heterocycles. The number of carbonyl (C=O) groups excluding carboxylic acids is 1. The van der Waals surface area contributed by atoms with Crippen molar-refractivity contribution in [2.45, 2.75) is 36.6 Å². The monoisotopic (exact) mass is 490 g/mol. The SMILES string of the molecule is CCN(C(=O)C1(O)CCN(S(=O)(=O)c2ccccc2F)CC1)c1ccc(OC(F)(F)F)cc1. The molecule has 1 fully saturated rings. The molecule has 1 aliphatic heterocycles. The molecule has 0 unspecified atom stereocenters. The lowest BCUT2D eigenvalue weighted by Crippen LogP contribution is -2.56. The number of piperidine rings is 1. The summed E-state index contributed by atoms with van der Waals surface area (Å²) in [5.74, 6) is -2.07. The maximum atomic E-state index is 14.0. The van der Waals surface area contributed by atoms with E-state index in [9.17, 15) is 35.9 Å². The first-order valence-electron chi connectivity index (χ1n) is 10.0. The summed E-state index contributed by atoms with van der Waals surface area (Å²) in [6.45, 7) is 1.31. The van der Waals surface area contributed by atoms with Gasteiger partial charge < -0.3 is 14.7 Å². The molecular weight excluding hydrogens is 468 g/mol. The van der Waals surface area contributed by atoms with E-state index in [0.29, 0.717) is 0 Å². The van der Waals surface area contributed by atoms with Crippen LogP contribution in [0, 0.1) is 5.82 Å². The summed E-state index contributed by atoms with van der Waals surface area (Å²) in [5, 5.41) is 11.0. The number of anilines is 1. The molecule has 0 radical (unpaired) electrons. The van der Waals surface area contributed by atoms with Gasteiger partial charge in [-0.25, -0.2) is 12.8 Å². The normalized spacial score (nSPS) is 16.9. The van der Waals surface area contributed by atoms with Gasteiger partial charge in [-0.3, -0.25) is 4.79 Å². The van der Waals surface area contributed by atoms with E-state index in [4.69, 9.17) is 0 Å². The Morgan fingerprint density at radius 2 is 1.70 bits per heavy atom. The molecule has 0 saturated carbocycles. The Bertz CT molecular complexity index is 1100. The molecule has 0 bridgehead atoms. The van der Waals surface area contributed by atoms with Gasteiger partial charge >= 0.3 is 6.36 Å². The number of rotatable bonds is 6. The molecule has 1 aliphatic rings. The number of amides is 1. The second-order valence-electron chi connectivity index (χ2n) is 7.46. The van der Waals surface area contributed by atoms with Crippen molar-refractivity contribution in [3.63, 3.8) is 0 Å². The van der Waals surface area contributed by atoms with Crippen LogP contribution in [0.4, 0.5) is 23.2 Å². The number of sulfonamides is 1. The van der Waals surface area contributed by atoms with Gasteiger partial charge in [0, 0.05) is 25.3 Å². The first kappa shape index (κ1) is 24.9. The average molecular weight is 490 g/mol. The Morgan fingerprint density at radius 3 is 2.21 bits per heavy atom. The molecule has 1 amide bonds. The van der Waals surface area contributed by atoms with E-state index >= 15 is 0 Å². The summed E-state index contributed by atoms with van der Waals surface area (Å²) in [5.41, 5.74) is -1.65. The zero-order chi connectivity index (χ0) is 24.4. The molecule has 3 rings (SSSR count). The van der Waals surface area contributed by atoms with E-state index in [1.165, 1.54) is 29.2 Å². The van der Waals surface area contributed by atoms with Gasteiger partial charge in [0.25, 0.3) is 5.91 Å². The minimum atomic E-state index is -4.85. The molecule has 33 heavy (non-hydrogen) atoms. The van der Waals surface area contributed by atoms with Gasteiger partial charge in [0.1, 0.15) is 22.1 Å². The van der Waals surface area contributed by atoms with Crippen LogP contribution in [0.3, 0.4) is 0 Å². The predicted octanol–water partition coefficient (Wildman–Crippen LogP) is 3.29. The van der Waals surface area contributed by atoms with Gasteiger partial charge in [0.2, 0.25) is 10.0 Å². The highest BCUT2D eigenvalue weighted by Crippen LogP contribution is 2.32. The van der Waals surface area contributed by atoms with Crippen LogP contribution in [-0.4, -0.2) is 55.3 Å². The van der Waals surface area contributed by atoms with Crippen LogP contribution in [0.1, 0.15) is 19.8 Å². The topological polar surface area (TPSA) is 87.2 Å². The molecule has 2 aromatic rings. The van der Waals surface area contributed by atoms with Crippen molar-refractivity contribution in [2.75, 3.05) is 24.5 Å². The third-order valence-electron chi connectivity index (χ3n) is 5.35. The standard InChI is InChI=1S/C21H22F4N2O5S/c1-2-27(15-7-9-16(10-8-15)32-21(23,24)25)19(28)20(29)11-13-26(14-12-20)33(30,31)18-6-4-3-5-17(18)22/h3-10,29H,2,11-14H2,1H3. The molecule has 0 spiro atoms. The third-order valence-corrected chi connectivity index (χ3v) is 7.28. The molecule has 180 valence electrons. The van der Waals surface area contributed by atoms with Crippen molar-refractivity contribution in [3.05, 3.63) is 54.3 Å². The fourth-order valence-electron chi connectivity index (χ4n) is 3.63. The summed E-state index contributed by atoms with van der Waals surface area (Å²) < 4.78 is 81.3. The van der Waals surface area contributed by atoms with Gasteiger partial charge in [-0.2, -0.15) is 4.31 Å². The molecule has 12 heteroatoms. The first-order valence-corrected chi connectivity index (χ1v) is 11.5. The number of nitrogens with zero attached hydrogens (tertiary/aromatic N) is 2. The Hall–Kier alpha value is -2.70. The number of hydrogen-bond acceptors (Lipinski definition) is 5. The zero-order valence-electron chi connectivity index (χ0n) is 17.5. The van der Waals surface area contributed by atoms with E-state index in [1.807, 2.05) is 0 Å². The van der Waals surface area contributed by atoms with E-state index in [1.54, 1.807) is 6.92 Å². The lowest BCUT2D eigenvalue weighted by Gasteiger charge is -2.39. The average Bonchev–Trinajstić information content (AvgIpc) is 2.75. The van der Waals surface area contributed by atoms with Crippen molar-refractivity contribution in [1.29, 1.82) is 0 Å². The second kappa shape index (κ2) is 9.27. The molecule has 0 aliphatic carbocycles. The van der Waals surface area contributed by atoms with Crippen LogP contribution in [0.5, 0.6) is 5.75 Å². The number of aliphatic hydroxyl groups is 1. The van der Waals surface area contributed by atoms with Gasteiger partial charge in [-0.1, -0.05) is 12.1 Å². The molecular formula is C21H22F4N2O5S. The minimum Gasteiger partial charge on any atom is -0.406 e. The van der Waals surface area contributed by atoms with Gasteiger partial charge in [-0.15, -0.1) is 13.2 Å². The number of halogens is 4. The van der Waals surface area contributed by atoms with E-state index in [0.717, 1.165) is 28.6 Å². The van der Waals surface area contributed by atoms with Crippen molar-refractivity contribution in [1.82, 2.24) is 4.31 Å². The first-order chi connectivity index (χ1) is 15.4. The summed E-state index contributed by atoms with van der Waals surface area (Å²) in [6.07, 6.45) is -5.32. The largest absolute Gasteiger partial charge is 0.573 e. The zero-order valence-corrected chi connectivity index (χ0v) is 18.4. The van der Waals surface area contributed by atoms with Crippen molar-refractivity contribution >= 4 is 21.6 Å². The summed E-state index contributed by atoms with van der Waals surface area (Å²) in [7, 11) is -4.15. The summed E-state index contributed by atoms with van der Waals surface area (Å²) >= 11 is 0. The highest BCUT2D eigenvalue weighted by Gasteiger charge is 2.44. The lowest BCUT2D eigenvalue weighted by molar-refractivity contribution is -0.274. The summed E-state index contributed by atoms with van der Waals surface area (Å²) in [6, 6.07) is 9.53. The molecule has 1 N–H and O–H groups in total. The van der Waals surface area contributed by atoms with Crippen LogP contribution in [0.15, 0.2) is 53.4 Å². The Balaban J connectivity index is 1.73.